The molecule has 0 amide bonds. The highest BCUT2D eigenvalue weighted by molar-refractivity contribution is 7.92. The predicted octanol–water partition coefficient (Wildman–Crippen LogP) is 3.79. The number of phenols is 1. The van der Waals surface area contributed by atoms with Gasteiger partial charge in [-0.05, 0) is 42.0 Å². The quantitative estimate of drug-likeness (QED) is 0.199. The summed E-state index contributed by atoms with van der Waals surface area (Å²) in [5.41, 5.74) is 3.61. The first-order valence-electron chi connectivity index (χ1n) is 10.3. The molecule has 1 heterocycles. The fourth-order valence-corrected chi connectivity index (χ4v) is 4.48. The third-order valence-corrected chi connectivity index (χ3v) is 6.14. The Hall–Kier alpha value is -2.98. The smallest absolute Gasteiger partial charge is 0.229 e. The number of sulfonamides is 1. The van der Waals surface area contributed by atoms with Gasteiger partial charge >= 0.3 is 0 Å². The van der Waals surface area contributed by atoms with E-state index in [2.05, 4.69) is 20.3 Å². The zero-order chi connectivity index (χ0) is 23.6. The number of phenolic OH excluding ortho intramolecular Hbond substituents is 1. The van der Waals surface area contributed by atoms with E-state index in [1.807, 2.05) is 24.3 Å². The number of anilines is 2. The summed E-state index contributed by atoms with van der Waals surface area (Å²) in [6, 6.07) is 16.1. The SMILES string of the molecule is CS(=O)(=O)Nc1cc(C(O)CNCCNc2ccc3c(c2)[nH]c2cc(O)ccc23)ccc1Cl. The Labute approximate surface area is 196 Å². The largest absolute Gasteiger partial charge is 0.508 e. The first-order valence-corrected chi connectivity index (χ1v) is 12.6. The first kappa shape index (κ1) is 23.2. The molecular formula is C23H25ClN4O4S. The van der Waals surface area contributed by atoms with Gasteiger partial charge in [0.15, 0.2) is 0 Å². The van der Waals surface area contributed by atoms with E-state index in [0.29, 0.717) is 25.2 Å². The van der Waals surface area contributed by atoms with E-state index in [9.17, 15) is 18.6 Å². The average molecular weight is 489 g/mol. The van der Waals surface area contributed by atoms with Crippen molar-refractivity contribution in [1.82, 2.24) is 10.3 Å². The molecule has 6 N–H and O–H groups in total. The number of hydrogen-bond acceptors (Lipinski definition) is 6. The van der Waals surface area contributed by atoms with Gasteiger partial charge in [-0.3, -0.25) is 4.72 Å². The summed E-state index contributed by atoms with van der Waals surface area (Å²) in [6.45, 7) is 1.55. The molecule has 0 aliphatic heterocycles. The molecule has 0 saturated carbocycles. The highest BCUT2D eigenvalue weighted by Gasteiger charge is 2.12. The van der Waals surface area contributed by atoms with Crippen LogP contribution in [0.4, 0.5) is 11.4 Å². The molecule has 0 bridgehead atoms. The van der Waals surface area contributed by atoms with E-state index in [1.165, 1.54) is 6.07 Å². The summed E-state index contributed by atoms with van der Waals surface area (Å²) in [7, 11) is -3.47. The lowest BCUT2D eigenvalue weighted by Gasteiger charge is -2.15. The Morgan fingerprint density at radius 2 is 1.73 bits per heavy atom. The van der Waals surface area contributed by atoms with Crippen LogP contribution < -0.4 is 15.4 Å². The normalized spacial score (nSPS) is 12.8. The van der Waals surface area contributed by atoms with Gasteiger partial charge in [-0.15, -0.1) is 0 Å². The summed E-state index contributed by atoms with van der Waals surface area (Å²) in [5, 5.41) is 29.0. The zero-order valence-corrected chi connectivity index (χ0v) is 19.5. The summed E-state index contributed by atoms with van der Waals surface area (Å²) in [6.07, 6.45) is 0.225. The van der Waals surface area contributed by atoms with Crippen LogP contribution >= 0.6 is 11.6 Å². The molecule has 174 valence electrons. The Balaban J connectivity index is 1.30. The number of rotatable bonds is 9. The van der Waals surface area contributed by atoms with Crippen LogP contribution in [-0.2, 0) is 10.0 Å². The molecule has 10 heteroatoms. The Morgan fingerprint density at radius 3 is 2.48 bits per heavy atom. The molecule has 0 aliphatic carbocycles. The number of hydrogen-bond donors (Lipinski definition) is 6. The van der Waals surface area contributed by atoms with Gasteiger partial charge < -0.3 is 25.8 Å². The molecule has 1 unspecified atom stereocenters. The molecule has 0 fully saturated rings. The average Bonchev–Trinajstić information content (AvgIpc) is 3.10. The molecule has 33 heavy (non-hydrogen) atoms. The van der Waals surface area contributed by atoms with Crippen molar-refractivity contribution in [2.45, 2.75) is 6.10 Å². The lowest BCUT2D eigenvalue weighted by atomic mass is 10.1. The maximum absolute atomic E-state index is 11.5. The molecule has 1 atom stereocenters. The molecule has 0 spiro atoms. The summed E-state index contributed by atoms with van der Waals surface area (Å²) in [5.74, 6) is 0.224. The number of benzene rings is 3. The van der Waals surface area contributed by atoms with Crippen molar-refractivity contribution in [3.05, 3.63) is 65.2 Å². The first-order chi connectivity index (χ1) is 15.7. The molecule has 0 aliphatic rings. The van der Waals surface area contributed by atoms with Gasteiger partial charge in [0.25, 0.3) is 0 Å². The number of aliphatic hydroxyl groups excluding tert-OH is 1. The minimum atomic E-state index is -3.47. The van der Waals surface area contributed by atoms with Gasteiger partial charge in [0.2, 0.25) is 10.0 Å². The molecule has 8 nitrogen and oxygen atoms in total. The molecule has 0 saturated heterocycles. The summed E-state index contributed by atoms with van der Waals surface area (Å²) < 4.78 is 25.3. The fourth-order valence-electron chi connectivity index (χ4n) is 3.69. The van der Waals surface area contributed by atoms with Crippen LogP contribution in [0.3, 0.4) is 0 Å². The number of aromatic nitrogens is 1. The number of halogens is 1. The second-order valence-electron chi connectivity index (χ2n) is 7.88. The monoisotopic (exact) mass is 488 g/mol. The zero-order valence-electron chi connectivity index (χ0n) is 17.9. The number of H-pyrrole nitrogens is 1. The van der Waals surface area contributed by atoms with E-state index in [0.717, 1.165) is 33.7 Å². The van der Waals surface area contributed by atoms with Gasteiger partial charge in [0.1, 0.15) is 5.75 Å². The maximum Gasteiger partial charge on any atom is 0.229 e. The molecule has 4 rings (SSSR count). The topological polar surface area (TPSA) is 126 Å². The second kappa shape index (κ2) is 9.48. The van der Waals surface area contributed by atoms with Crippen LogP contribution in [0.2, 0.25) is 5.02 Å². The highest BCUT2D eigenvalue weighted by Crippen LogP contribution is 2.30. The van der Waals surface area contributed by atoms with Crippen LogP contribution in [0.15, 0.2) is 54.6 Å². The Morgan fingerprint density at radius 1 is 1.00 bits per heavy atom. The van der Waals surface area contributed by atoms with Crippen LogP contribution in [0.1, 0.15) is 11.7 Å². The fraction of sp³-hybridized carbons (Fsp3) is 0.217. The minimum absolute atomic E-state index is 0.224. The lowest BCUT2D eigenvalue weighted by Crippen LogP contribution is -2.27. The number of aromatic hydroxyl groups is 1. The van der Waals surface area contributed by atoms with E-state index >= 15 is 0 Å². The van der Waals surface area contributed by atoms with E-state index in [-0.39, 0.29) is 16.5 Å². The Kier molecular flexibility index (Phi) is 6.66. The van der Waals surface area contributed by atoms with E-state index in [4.69, 9.17) is 11.6 Å². The van der Waals surface area contributed by atoms with Crippen molar-refractivity contribution in [1.29, 1.82) is 0 Å². The van der Waals surface area contributed by atoms with Gasteiger partial charge in [0, 0.05) is 47.7 Å². The van der Waals surface area contributed by atoms with Crippen LogP contribution in [0.5, 0.6) is 5.75 Å². The maximum atomic E-state index is 11.5. The van der Waals surface area contributed by atoms with Crippen LogP contribution in [0.25, 0.3) is 21.8 Å². The molecule has 4 aromatic rings. The van der Waals surface area contributed by atoms with Crippen LogP contribution in [-0.4, -0.2) is 49.5 Å². The summed E-state index contributed by atoms with van der Waals surface area (Å²) >= 11 is 6.03. The highest BCUT2D eigenvalue weighted by atomic mass is 35.5. The number of aromatic amines is 1. The summed E-state index contributed by atoms with van der Waals surface area (Å²) in [4.78, 5) is 3.32. The molecule has 0 radical (unpaired) electrons. The molecular weight excluding hydrogens is 464 g/mol. The van der Waals surface area contributed by atoms with Gasteiger partial charge in [-0.25, -0.2) is 8.42 Å². The third kappa shape index (κ3) is 5.69. The second-order valence-corrected chi connectivity index (χ2v) is 10.0. The standard InChI is InChI=1S/C23H25ClN4O4S/c1-33(31,32)28-22-10-14(2-7-19(22)24)23(30)13-25-8-9-26-15-3-5-17-18-6-4-16(29)12-21(18)27-20(17)11-15/h2-7,10-12,23,25-30H,8-9,13H2,1H3. The predicted molar refractivity (Wildman–Crippen MR) is 134 cm³/mol. The van der Waals surface area contributed by atoms with Crippen molar-refractivity contribution < 1.29 is 18.6 Å². The van der Waals surface area contributed by atoms with Crippen molar-refractivity contribution in [2.24, 2.45) is 0 Å². The van der Waals surface area contributed by atoms with Crippen molar-refractivity contribution in [3.8, 4) is 5.75 Å². The van der Waals surface area contributed by atoms with E-state index < -0.39 is 16.1 Å². The number of aliphatic hydroxyl groups is 1. The third-order valence-electron chi connectivity index (χ3n) is 5.22. The van der Waals surface area contributed by atoms with Gasteiger partial charge in [0.05, 0.1) is 28.6 Å². The van der Waals surface area contributed by atoms with Gasteiger partial charge in [-0.1, -0.05) is 23.7 Å². The minimum Gasteiger partial charge on any atom is -0.508 e. The van der Waals surface area contributed by atoms with E-state index in [1.54, 1.807) is 24.3 Å². The van der Waals surface area contributed by atoms with Crippen molar-refractivity contribution in [3.63, 3.8) is 0 Å². The molecule has 1 aromatic heterocycles. The van der Waals surface area contributed by atoms with Crippen molar-refractivity contribution in [2.75, 3.05) is 35.9 Å². The molecule has 3 aromatic carbocycles. The van der Waals surface area contributed by atoms with Crippen LogP contribution in [0, 0.1) is 0 Å². The van der Waals surface area contributed by atoms with Gasteiger partial charge in [-0.2, -0.15) is 0 Å². The number of fused-ring (bicyclic) bond motifs is 3. The van der Waals surface area contributed by atoms with Crippen molar-refractivity contribution >= 4 is 54.8 Å². The Bertz CT molecular complexity index is 1400. The lowest BCUT2D eigenvalue weighted by molar-refractivity contribution is 0.175. The number of nitrogens with one attached hydrogen (secondary N) is 4.